The molecule has 0 N–H and O–H groups in total. The molecule has 24 heavy (non-hydrogen) atoms. The number of hydrogen-bond acceptors (Lipinski definition) is 4. The van der Waals surface area contributed by atoms with E-state index in [4.69, 9.17) is 9.26 Å². The van der Waals surface area contributed by atoms with Crippen molar-refractivity contribution in [2.24, 2.45) is 0 Å². The molecule has 0 fully saturated rings. The maximum atomic E-state index is 5.89. The molecule has 0 aliphatic carbocycles. The van der Waals surface area contributed by atoms with Crippen LogP contribution in [0.4, 0.5) is 0 Å². The fourth-order valence-electron chi connectivity index (χ4n) is 2.71. The Kier molecular flexibility index (Phi) is 3.71. The average molecular weight is 316 g/mol. The third-order valence-corrected chi connectivity index (χ3v) is 3.95. The number of rotatable bonds is 4. The zero-order valence-corrected chi connectivity index (χ0v) is 13.3. The van der Waals surface area contributed by atoms with E-state index in [-0.39, 0.29) is 6.61 Å². The van der Waals surface area contributed by atoms with Gasteiger partial charge in [0.25, 0.3) is 5.89 Å². The average Bonchev–Trinajstić information content (AvgIpc) is 3.09. The van der Waals surface area contributed by atoms with E-state index in [1.807, 2.05) is 61.5 Å². The summed E-state index contributed by atoms with van der Waals surface area (Å²) in [7, 11) is 0. The van der Waals surface area contributed by atoms with E-state index in [0.29, 0.717) is 11.7 Å². The van der Waals surface area contributed by atoms with Gasteiger partial charge < -0.3 is 9.26 Å². The van der Waals surface area contributed by atoms with Crippen molar-refractivity contribution in [1.29, 1.82) is 0 Å². The normalized spacial score (nSPS) is 10.9. The van der Waals surface area contributed by atoms with Crippen LogP contribution >= 0.6 is 0 Å². The first-order valence-corrected chi connectivity index (χ1v) is 7.80. The molecule has 0 amide bonds. The maximum absolute atomic E-state index is 5.89. The number of nitrogens with zero attached hydrogens (tertiary/aromatic N) is 2. The number of ether oxygens (including phenoxy) is 1. The fraction of sp³-hybridized carbons (Fsp3) is 0.100. The van der Waals surface area contributed by atoms with Crippen LogP contribution in [0.2, 0.25) is 0 Å². The molecule has 0 unspecified atom stereocenters. The van der Waals surface area contributed by atoms with Crippen LogP contribution < -0.4 is 4.74 Å². The Labute approximate surface area is 139 Å². The lowest BCUT2D eigenvalue weighted by molar-refractivity contribution is 0.245. The monoisotopic (exact) mass is 316 g/mol. The number of hydrogen-bond donors (Lipinski definition) is 0. The molecule has 0 spiro atoms. The van der Waals surface area contributed by atoms with Crippen molar-refractivity contribution in [3.05, 3.63) is 78.2 Å². The van der Waals surface area contributed by atoms with Crippen molar-refractivity contribution >= 4 is 10.8 Å². The Hall–Kier alpha value is -3.14. The first kappa shape index (κ1) is 14.5. The Morgan fingerprint density at radius 3 is 2.62 bits per heavy atom. The van der Waals surface area contributed by atoms with E-state index >= 15 is 0 Å². The van der Waals surface area contributed by atoms with E-state index in [0.717, 1.165) is 27.6 Å². The second kappa shape index (κ2) is 6.16. The lowest BCUT2D eigenvalue weighted by Gasteiger charge is -2.06. The van der Waals surface area contributed by atoms with Crippen molar-refractivity contribution in [3.8, 4) is 17.1 Å². The van der Waals surface area contributed by atoms with E-state index in [1.54, 1.807) is 0 Å². The van der Waals surface area contributed by atoms with Crippen LogP contribution in [0.3, 0.4) is 0 Å². The first-order chi connectivity index (χ1) is 11.8. The predicted octanol–water partition coefficient (Wildman–Crippen LogP) is 4.78. The topological polar surface area (TPSA) is 48.2 Å². The van der Waals surface area contributed by atoms with E-state index in [1.165, 1.54) is 0 Å². The Bertz CT molecular complexity index is 986. The fourth-order valence-corrected chi connectivity index (χ4v) is 2.71. The van der Waals surface area contributed by atoms with Crippen LogP contribution in [0.1, 0.15) is 11.5 Å². The number of benzene rings is 3. The van der Waals surface area contributed by atoms with Gasteiger partial charge in [-0.3, -0.25) is 0 Å². The molecule has 4 rings (SSSR count). The van der Waals surface area contributed by atoms with Gasteiger partial charge in [0.1, 0.15) is 5.75 Å². The quantitative estimate of drug-likeness (QED) is 0.544. The summed E-state index contributed by atoms with van der Waals surface area (Å²) in [4.78, 5) is 4.43. The summed E-state index contributed by atoms with van der Waals surface area (Å²) in [5.74, 6) is 1.86. The van der Waals surface area contributed by atoms with Gasteiger partial charge in [-0.25, -0.2) is 0 Å². The predicted molar refractivity (Wildman–Crippen MR) is 92.8 cm³/mol. The van der Waals surface area contributed by atoms with Gasteiger partial charge in [0.05, 0.1) is 0 Å². The number of aromatic nitrogens is 2. The van der Waals surface area contributed by atoms with Crippen molar-refractivity contribution in [2.45, 2.75) is 13.5 Å². The highest BCUT2D eigenvalue weighted by molar-refractivity contribution is 5.88. The summed E-state index contributed by atoms with van der Waals surface area (Å²) in [5, 5.41) is 6.26. The highest BCUT2D eigenvalue weighted by Gasteiger charge is 2.11. The summed E-state index contributed by atoms with van der Waals surface area (Å²) in [5.41, 5.74) is 2.08. The Balaban J connectivity index is 1.56. The van der Waals surface area contributed by atoms with Crippen LogP contribution in [-0.4, -0.2) is 10.1 Å². The summed E-state index contributed by atoms with van der Waals surface area (Å²) < 4.78 is 11.2. The molecule has 118 valence electrons. The highest BCUT2D eigenvalue weighted by atomic mass is 16.5. The van der Waals surface area contributed by atoms with Gasteiger partial charge in [-0.2, -0.15) is 4.98 Å². The van der Waals surface area contributed by atoms with Gasteiger partial charge in [-0.05, 0) is 23.9 Å². The van der Waals surface area contributed by atoms with Crippen molar-refractivity contribution in [3.63, 3.8) is 0 Å². The summed E-state index contributed by atoms with van der Waals surface area (Å²) >= 11 is 0. The van der Waals surface area contributed by atoms with Crippen LogP contribution in [0.15, 0.2) is 71.3 Å². The minimum atomic E-state index is 0.243. The molecule has 0 aliphatic rings. The van der Waals surface area contributed by atoms with Gasteiger partial charge in [-0.15, -0.1) is 0 Å². The molecule has 0 saturated heterocycles. The van der Waals surface area contributed by atoms with Crippen LogP contribution in [-0.2, 0) is 6.61 Å². The van der Waals surface area contributed by atoms with Crippen LogP contribution in [0.25, 0.3) is 22.2 Å². The van der Waals surface area contributed by atoms with Gasteiger partial charge in [0.15, 0.2) is 6.61 Å². The molecule has 0 radical (unpaired) electrons. The van der Waals surface area contributed by atoms with Crippen molar-refractivity contribution in [1.82, 2.24) is 10.1 Å². The smallest absolute Gasteiger partial charge is 0.264 e. The lowest BCUT2D eigenvalue weighted by atomic mass is 10.1. The minimum Gasteiger partial charge on any atom is -0.483 e. The molecule has 1 aromatic heterocycles. The Morgan fingerprint density at radius 2 is 1.71 bits per heavy atom. The molecule has 1 heterocycles. The molecule has 0 aliphatic heterocycles. The maximum Gasteiger partial charge on any atom is 0.264 e. The van der Waals surface area contributed by atoms with E-state index < -0.39 is 0 Å². The van der Waals surface area contributed by atoms with E-state index in [9.17, 15) is 0 Å². The number of fused-ring (bicyclic) bond motifs is 1. The van der Waals surface area contributed by atoms with Gasteiger partial charge in [0, 0.05) is 10.9 Å². The third kappa shape index (κ3) is 2.74. The van der Waals surface area contributed by atoms with Crippen LogP contribution in [0.5, 0.6) is 5.75 Å². The van der Waals surface area contributed by atoms with E-state index in [2.05, 4.69) is 22.3 Å². The molecular weight excluding hydrogens is 300 g/mol. The molecule has 0 atom stereocenters. The lowest BCUT2D eigenvalue weighted by Crippen LogP contribution is -1.96. The molecule has 4 heteroatoms. The van der Waals surface area contributed by atoms with Gasteiger partial charge in [-0.1, -0.05) is 65.8 Å². The molecular formula is C20H16N2O2. The van der Waals surface area contributed by atoms with Crippen LogP contribution in [0, 0.1) is 6.92 Å². The zero-order valence-electron chi connectivity index (χ0n) is 13.3. The molecule has 0 bridgehead atoms. The van der Waals surface area contributed by atoms with Crippen molar-refractivity contribution < 1.29 is 9.26 Å². The standard InChI is InChI=1S/C20H16N2O2/c1-14-7-2-4-10-16(14)20-21-19(24-22-20)13-23-18-12-6-9-15-8-3-5-11-17(15)18/h2-12H,13H2,1H3. The molecule has 3 aromatic carbocycles. The third-order valence-electron chi connectivity index (χ3n) is 3.95. The summed E-state index contributed by atoms with van der Waals surface area (Å²) in [6.45, 7) is 2.27. The van der Waals surface area contributed by atoms with Gasteiger partial charge >= 0.3 is 0 Å². The number of aryl methyl sites for hydroxylation is 1. The molecule has 4 aromatic rings. The minimum absolute atomic E-state index is 0.243. The zero-order chi connectivity index (χ0) is 16.4. The second-order valence-electron chi connectivity index (χ2n) is 5.59. The second-order valence-corrected chi connectivity index (χ2v) is 5.59. The highest BCUT2D eigenvalue weighted by Crippen LogP contribution is 2.26. The van der Waals surface area contributed by atoms with Crippen molar-refractivity contribution in [2.75, 3.05) is 0 Å². The first-order valence-electron chi connectivity index (χ1n) is 7.80. The molecule has 0 saturated carbocycles. The summed E-state index contributed by atoms with van der Waals surface area (Å²) in [6.07, 6.45) is 0. The largest absolute Gasteiger partial charge is 0.483 e. The molecule has 4 nitrogen and oxygen atoms in total. The van der Waals surface area contributed by atoms with Gasteiger partial charge in [0.2, 0.25) is 5.82 Å². The summed E-state index contributed by atoms with van der Waals surface area (Å²) in [6, 6.07) is 22.1. The Morgan fingerprint density at radius 1 is 0.917 bits per heavy atom. The SMILES string of the molecule is Cc1ccccc1-c1noc(COc2cccc3ccccc23)n1.